The number of fused-ring (bicyclic) bond motifs is 1. The van der Waals surface area contributed by atoms with Gasteiger partial charge in [0.2, 0.25) is 0 Å². The number of aryl methyl sites for hydroxylation is 1. The van der Waals surface area contributed by atoms with Crippen LogP contribution in [0.4, 0.5) is 5.69 Å². The third kappa shape index (κ3) is 3.35. The van der Waals surface area contributed by atoms with Crippen LogP contribution in [-0.4, -0.2) is 4.57 Å². The van der Waals surface area contributed by atoms with Gasteiger partial charge in [0.05, 0.1) is 5.69 Å². The number of hydrogen-bond donors (Lipinski definition) is 1. The molecule has 0 saturated heterocycles. The van der Waals surface area contributed by atoms with Crippen LogP contribution in [-0.2, 0) is 19.4 Å². The number of aromatic nitrogens is 1. The molecule has 4 aromatic rings. The van der Waals surface area contributed by atoms with Crippen LogP contribution in [0.1, 0.15) is 29.7 Å². The van der Waals surface area contributed by atoms with Crippen LogP contribution < -0.4 is 11.4 Å². The molecule has 1 aliphatic carbocycles. The number of benzene rings is 2. The molecule has 2 heterocycles. The predicted molar refractivity (Wildman–Crippen MR) is 120 cm³/mol. The van der Waals surface area contributed by atoms with Gasteiger partial charge in [0.15, 0.2) is 0 Å². The monoisotopic (exact) mass is 396 g/mol. The highest BCUT2D eigenvalue weighted by Crippen LogP contribution is 2.35. The van der Waals surface area contributed by atoms with E-state index < -0.39 is 5.63 Å². The summed E-state index contributed by atoms with van der Waals surface area (Å²) in [6, 6.07) is 24.2. The van der Waals surface area contributed by atoms with E-state index in [-0.39, 0.29) is 5.69 Å². The maximum Gasteiger partial charge on any atom is 0.360 e. The van der Waals surface area contributed by atoms with Crippen LogP contribution in [0.15, 0.2) is 82.0 Å². The summed E-state index contributed by atoms with van der Waals surface area (Å²) in [4.78, 5) is 12.6. The van der Waals surface area contributed by atoms with Gasteiger partial charge >= 0.3 is 5.63 Å². The topological polar surface area (TPSA) is 61.2 Å². The highest BCUT2D eigenvalue weighted by Gasteiger charge is 2.22. The van der Waals surface area contributed by atoms with Crippen LogP contribution in [0.25, 0.3) is 22.6 Å². The Morgan fingerprint density at radius 2 is 1.60 bits per heavy atom. The first-order valence-electron chi connectivity index (χ1n) is 10.5. The molecular formula is C26H24N2O2. The molecule has 0 unspecified atom stereocenters. The van der Waals surface area contributed by atoms with Crippen molar-refractivity contribution in [2.75, 3.05) is 5.73 Å². The number of anilines is 1. The second-order valence-corrected chi connectivity index (χ2v) is 7.87. The molecule has 4 heteroatoms. The van der Waals surface area contributed by atoms with Gasteiger partial charge in [-0.2, -0.15) is 0 Å². The molecule has 1 aliphatic rings. The first-order valence-corrected chi connectivity index (χ1v) is 10.5. The quantitative estimate of drug-likeness (QED) is 0.510. The van der Waals surface area contributed by atoms with Gasteiger partial charge in [-0.1, -0.05) is 60.7 Å². The number of rotatable bonds is 4. The van der Waals surface area contributed by atoms with E-state index in [0.717, 1.165) is 36.2 Å². The van der Waals surface area contributed by atoms with Gasteiger partial charge in [-0.05, 0) is 48.9 Å². The van der Waals surface area contributed by atoms with Crippen LogP contribution >= 0.6 is 0 Å². The van der Waals surface area contributed by atoms with E-state index in [2.05, 4.69) is 34.9 Å². The highest BCUT2D eigenvalue weighted by molar-refractivity contribution is 5.78. The Balaban J connectivity index is 1.70. The van der Waals surface area contributed by atoms with Gasteiger partial charge < -0.3 is 14.7 Å². The van der Waals surface area contributed by atoms with Crippen molar-refractivity contribution in [3.63, 3.8) is 0 Å². The maximum atomic E-state index is 12.6. The Labute approximate surface area is 175 Å². The summed E-state index contributed by atoms with van der Waals surface area (Å²) in [5, 5.41) is 0. The first-order chi connectivity index (χ1) is 14.7. The van der Waals surface area contributed by atoms with Crippen molar-refractivity contribution in [1.82, 2.24) is 4.57 Å². The average Bonchev–Trinajstić information content (AvgIpc) is 3.15. The molecule has 0 amide bonds. The van der Waals surface area contributed by atoms with Crippen LogP contribution in [0.3, 0.4) is 0 Å². The zero-order chi connectivity index (χ0) is 20.5. The van der Waals surface area contributed by atoms with E-state index in [0.29, 0.717) is 5.76 Å². The van der Waals surface area contributed by atoms with Crippen molar-refractivity contribution in [1.29, 1.82) is 0 Å². The summed E-state index contributed by atoms with van der Waals surface area (Å²) in [6.45, 7) is 0.756. The minimum atomic E-state index is -0.489. The number of nitrogens with zero attached hydrogens (tertiary/aromatic N) is 1. The summed E-state index contributed by atoms with van der Waals surface area (Å²) in [5.41, 5.74) is 12.5. The molecule has 0 radical (unpaired) electrons. The summed E-state index contributed by atoms with van der Waals surface area (Å²) >= 11 is 0. The van der Waals surface area contributed by atoms with Gasteiger partial charge in [0.25, 0.3) is 0 Å². The van der Waals surface area contributed by atoms with Crippen molar-refractivity contribution in [3.8, 4) is 22.6 Å². The Bertz CT molecular complexity index is 1240. The van der Waals surface area contributed by atoms with E-state index in [9.17, 15) is 4.79 Å². The minimum Gasteiger partial charge on any atom is -0.421 e. The fraction of sp³-hybridized carbons (Fsp3) is 0.192. The maximum absolute atomic E-state index is 12.6. The lowest BCUT2D eigenvalue weighted by atomic mass is 9.98. The SMILES string of the molecule is Nc1c(-c2cc3c(n2Cc2ccccc2)CCCC3)cc(-c2ccccc2)oc1=O. The van der Waals surface area contributed by atoms with Gasteiger partial charge in [-0.25, -0.2) is 4.79 Å². The Morgan fingerprint density at radius 3 is 2.37 bits per heavy atom. The molecule has 2 aromatic heterocycles. The summed E-state index contributed by atoms with van der Waals surface area (Å²) in [5.74, 6) is 0.537. The standard InChI is InChI=1S/C26H24N2O2/c27-25-21(16-24(30-26(25)29)19-11-5-2-6-12-19)23-15-20-13-7-8-14-22(20)28(23)17-18-9-3-1-4-10-18/h1-6,9-12,15-16H,7-8,13-14,17,27H2. The van der Waals surface area contributed by atoms with E-state index in [4.69, 9.17) is 10.2 Å². The number of nitrogen functional groups attached to an aromatic ring is 1. The minimum absolute atomic E-state index is 0.166. The van der Waals surface area contributed by atoms with E-state index >= 15 is 0 Å². The highest BCUT2D eigenvalue weighted by atomic mass is 16.4. The van der Waals surface area contributed by atoms with Crippen LogP contribution in [0.5, 0.6) is 0 Å². The molecule has 4 nitrogen and oxygen atoms in total. The zero-order valence-corrected chi connectivity index (χ0v) is 16.8. The van der Waals surface area contributed by atoms with Gasteiger partial charge in [0.1, 0.15) is 11.4 Å². The third-order valence-corrected chi connectivity index (χ3v) is 5.91. The zero-order valence-electron chi connectivity index (χ0n) is 16.8. The Kier molecular flexibility index (Phi) is 4.75. The molecule has 0 aliphatic heterocycles. The van der Waals surface area contributed by atoms with Crippen molar-refractivity contribution < 1.29 is 4.42 Å². The molecule has 30 heavy (non-hydrogen) atoms. The molecule has 0 fully saturated rings. The predicted octanol–water partition coefficient (Wildman–Crippen LogP) is 5.28. The second kappa shape index (κ2) is 7.71. The molecule has 0 saturated carbocycles. The first kappa shape index (κ1) is 18.5. The normalized spacial score (nSPS) is 13.2. The van der Waals surface area contributed by atoms with Gasteiger partial charge in [0, 0.05) is 23.4 Å². The fourth-order valence-electron chi connectivity index (χ4n) is 4.39. The molecule has 5 rings (SSSR count). The van der Waals surface area contributed by atoms with Crippen LogP contribution in [0.2, 0.25) is 0 Å². The number of nitrogens with two attached hydrogens (primary N) is 1. The molecule has 0 atom stereocenters. The van der Waals surface area contributed by atoms with Crippen molar-refractivity contribution in [2.24, 2.45) is 0 Å². The third-order valence-electron chi connectivity index (χ3n) is 5.91. The summed E-state index contributed by atoms with van der Waals surface area (Å²) < 4.78 is 7.86. The Hall–Kier alpha value is -3.53. The number of hydrogen-bond acceptors (Lipinski definition) is 3. The van der Waals surface area contributed by atoms with Crippen molar-refractivity contribution in [3.05, 3.63) is 100 Å². The lowest BCUT2D eigenvalue weighted by molar-refractivity contribution is 0.529. The van der Waals surface area contributed by atoms with Gasteiger partial charge in [-0.15, -0.1) is 0 Å². The smallest absolute Gasteiger partial charge is 0.360 e. The van der Waals surface area contributed by atoms with Gasteiger partial charge in [-0.3, -0.25) is 0 Å². The van der Waals surface area contributed by atoms with E-state index in [1.165, 1.54) is 29.7 Å². The molecule has 0 spiro atoms. The summed E-state index contributed by atoms with van der Waals surface area (Å²) in [7, 11) is 0. The molecule has 0 bridgehead atoms. The average molecular weight is 396 g/mol. The lowest BCUT2D eigenvalue weighted by Crippen LogP contribution is -2.13. The van der Waals surface area contributed by atoms with Crippen molar-refractivity contribution in [2.45, 2.75) is 32.2 Å². The van der Waals surface area contributed by atoms with E-state index in [1.54, 1.807) is 0 Å². The van der Waals surface area contributed by atoms with E-state index in [1.807, 2.05) is 42.5 Å². The molecular weight excluding hydrogens is 372 g/mol. The largest absolute Gasteiger partial charge is 0.421 e. The fourth-order valence-corrected chi connectivity index (χ4v) is 4.39. The Morgan fingerprint density at radius 1 is 0.900 bits per heavy atom. The van der Waals surface area contributed by atoms with Crippen molar-refractivity contribution >= 4 is 5.69 Å². The summed E-state index contributed by atoms with van der Waals surface area (Å²) in [6.07, 6.45) is 4.50. The lowest BCUT2D eigenvalue weighted by Gasteiger charge is -2.18. The second-order valence-electron chi connectivity index (χ2n) is 7.87. The molecule has 2 N–H and O–H groups in total. The molecule has 2 aromatic carbocycles. The molecule has 150 valence electrons. The van der Waals surface area contributed by atoms with Crippen LogP contribution in [0, 0.1) is 0 Å².